The van der Waals surface area contributed by atoms with Gasteiger partial charge in [-0.15, -0.1) is 30.7 Å². The summed E-state index contributed by atoms with van der Waals surface area (Å²) in [6, 6.07) is 16.0. The van der Waals surface area contributed by atoms with Gasteiger partial charge in [0.25, 0.3) is 40.5 Å². The van der Waals surface area contributed by atoms with Crippen molar-refractivity contribution >= 4 is 135 Å². The molecule has 0 unspecified atom stereocenters. The van der Waals surface area contributed by atoms with E-state index in [0.29, 0.717) is 21.8 Å². The Morgan fingerprint density at radius 2 is 1.41 bits per heavy atom. The van der Waals surface area contributed by atoms with E-state index in [9.17, 15) is 67.4 Å². The molecule has 0 aliphatic heterocycles. The van der Waals surface area contributed by atoms with Crippen molar-refractivity contribution in [3.05, 3.63) is 88.4 Å². The number of imidazole rings is 1. The lowest BCUT2D eigenvalue weighted by molar-refractivity contribution is 0.317. The molecule has 25 nitrogen and oxygen atoms in total. The summed E-state index contributed by atoms with van der Waals surface area (Å²) in [7, 11) is -20.0. The summed E-state index contributed by atoms with van der Waals surface area (Å²) in [6.45, 7) is 2.55. The lowest BCUT2D eigenvalue weighted by atomic mass is 10.1. The minimum Gasteiger partial charge on any atom is -0.505 e. The Balaban J connectivity index is 1.21. The zero-order valence-corrected chi connectivity index (χ0v) is 40.6. The Hall–Kier alpha value is -7.18. The highest BCUT2D eigenvalue weighted by molar-refractivity contribution is 7.87. The highest BCUT2D eigenvalue weighted by Crippen LogP contribution is 2.47. The van der Waals surface area contributed by atoms with E-state index in [4.69, 9.17) is 16.3 Å². The first-order valence-electron chi connectivity index (χ1n) is 19.6. The van der Waals surface area contributed by atoms with Crippen LogP contribution in [0, 0.1) is 25.2 Å². The fourth-order valence-corrected chi connectivity index (χ4v) is 10.9. The molecule has 71 heavy (non-hydrogen) atoms. The molecule has 0 amide bonds. The van der Waals surface area contributed by atoms with Crippen LogP contribution >= 0.6 is 22.9 Å². The normalized spacial score (nSPS) is 13.0. The lowest BCUT2D eigenvalue weighted by Crippen LogP contribution is -2.08. The van der Waals surface area contributed by atoms with Gasteiger partial charge in [-0.2, -0.15) is 38.9 Å². The van der Waals surface area contributed by atoms with E-state index >= 15 is 0 Å². The standard InChI is InChI=1S/C40H29ClN10O15S5/c1-18-12-27(30(66-10-5-11-68(54,55)56)15-26(18)46-50-40-44-28-16-32(69(57,58)59)23(41)14-31(28)67-40)47-49-35-33(70(60,61)62)13-21-20(36(35)52)8-9-25(37(21)71(63,64)65)45-48-34-19(2)22(17-42)38-43-24-6-3-4-7-29(24)51(38)39(34)53/h3-4,6-9,12-16,52-53H,5,10-11H2,1-2H3,(H,54,55,56)(H,57,58,59)(H,60,61,62)(H,63,64,65). The van der Waals surface area contributed by atoms with Crippen LogP contribution in [0.4, 0.5) is 33.6 Å². The Bertz CT molecular complexity index is 4210. The molecule has 5 aromatic carbocycles. The van der Waals surface area contributed by atoms with Gasteiger partial charge in [0.15, 0.2) is 17.1 Å². The molecule has 8 aromatic rings. The molecular weight excluding hydrogens is 1060 g/mol. The van der Waals surface area contributed by atoms with Crippen molar-refractivity contribution in [1.29, 1.82) is 5.26 Å². The number of hydrogen-bond acceptors (Lipinski definition) is 21. The lowest BCUT2D eigenvalue weighted by Gasteiger charge is -2.13. The SMILES string of the molecule is Cc1cc(N=Nc2c(S(=O)(=O)O)cc3c(S(=O)(=O)O)c(N=Nc4c(C)c(C#N)c5nc6ccccc6n5c4O)ccc3c2O)c(OCCCS(=O)(=O)O)cc1N=Nc1nc2cc(S(=O)(=O)O)c(Cl)cc2s1. The van der Waals surface area contributed by atoms with Gasteiger partial charge in [-0.3, -0.25) is 22.6 Å². The molecule has 3 aromatic heterocycles. The van der Waals surface area contributed by atoms with Crippen molar-refractivity contribution in [2.45, 2.75) is 35.0 Å². The number of phenols is 1. The minimum absolute atomic E-state index is 0.00379. The molecule has 0 spiro atoms. The van der Waals surface area contributed by atoms with Gasteiger partial charge in [0.1, 0.15) is 49.1 Å². The summed E-state index contributed by atoms with van der Waals surface area (Å²) in [5.74, 6) is -2.57. The number of aromatic nitrogens is 3. The van der Waals surface area contributed by atoms with Crippen molar-refractivity contribution in [2.75, 3.05) is 12.4 Å². The van der Waals surface area contributed by atoms with E-state index in [-0.39, 0.29) is 73.8 Å². The van der Waals surface area contributed by atoms with Gasteiger partial charge in [-0.25, -0.2) is 9.97 Å². The first kappa shape index (κ1) is 50.2. The van der Waals surface area contributed by atoms with E-state index in [1.165, 1.54) is 36.4 Å². The van der Waals surface area contributed by atoms with E-state index in [0.717, 1.165) is 29.5 Å². The second kappa shape index (κ2) is 18.5. The maximum atomic E-state index is 13.1. The summed E-state index contributed by atoms with van der Waals surface area (Å²) in [4.78, 5) is 5.68. The van der Waals surface area contributed by atoms with Crippen molar-refractivity contribution in [1.82, 2.24) is 14.4 Å². The van der Waals surface area contributed by atoms with Crippen LogP contribution in [0.1, 0.15) is 23.1 Å². The first-order valence-corrected chi connectivity index (χ1v) is 26.7. The third-order valence-electron chi connectivity index (χ3n) is 10.3. The van der Waals surface area contributed by atoms with Gasteiger partial charge in [-0.05, 0) is 74.4 Å². The van der Waals surface area contributed by atoms with Crippen molar-refractivity contribution in [2.24, 2.45) is 30.7 Å². The number of halogens is 1. The molecule has 0 atom stereocenters. The fourth-order valence-electron chi connectivity index (χ4n) is 7.10. The largest absolute Gasteiger partial charge is 0.505 e. The molecule has 3 heterocycles. The zero-order valence-electron chi connectivity index (χ0n) is 35.7. The van der Waals surface area contributed by atoms with Crippen molar-refractivity contribution < 1.29 is 66.8 Å². The third kappa shape index (κ3) is 10.1. The molecule has 0 aliphatic rings. The molecule has 0 saturated heterocycles. The number of fused-ring (bicyclic) bond motifs is 5. The van der Waals surface area contributed by atoms with Crippen LogP contribution in [-0.2, 0) is 40.5 Å². The van der Waals surface area contributed by atoms with Crippen LogP contribution in [0.15, 0.2) is 112 Å². The van der Waals surface area contributed by atoms with Crippen molar-refractivity contribution in [3.63, 3.8) is 0 Å². The zero-order chi connectivity index (χ0) is 51.5. The van der Waals surface area contributed by atoms with Gasteiger partial charge in [0.05, 0.1) is 44.3 Å². The fraction of sp³-hybridized carbons (Fsp3) is 0.125. The number of hydrogen-bond donors (Lipinski definition) is 6. The molecule has 0 radical (unpaired) electrons. The Kier molecular flexibility index (Phi) is 13.1. The molecule has 0 saturated carbocycles. The summed E-state index contributed by atoms with van der Waals surface area (Å²) in [5.41, 5.74) is -0.753. The van der Waals surface area contributed by atoms with E-state index in [1.807, 2.05) is 6.07 Å². The summed E-state index contributed by atoms with van der Waals surface area (Å²) < 4.78 is 145. The van der Waals surface area contributed by atoms with E-state index < -0.39 is 94.7 Å². The number of phenolic OH excluding ortho intramolecular Hbond substituents is 1. The van der Waals surface area contributed by atoms with E-state index in [1.54, 1.807) is 24.3 Å². The maximum Gasteiger partial charge on any atom is 0.297 e. The molecule has 8 rings (SSSR count). The van der Waals surface area contributed by atoms with Gasteiger partial charge >= 0.3 is 0 Å². The highest BCUT2D eigenvalue weighted by Gasteiger charge is 2.29. The number of benzene rings is 5. The number of azo groups is 3. The van der Waals surface area contributed by atoms with Crippen LogP contribution in [-0.4, -0.2) is 88.8 Å². The minimum atomic E-state index is -5.46. The number of nitrogens with zero attached hydrogens (tertiary/aromatic N) is 10. The Morgan fingerprint density at radius 1 is 0.732 bits per heavy atom. The monoisotopic (exact) mass is 1080 g/mol. The summed E-state index contributed by atoms with van der Waals surface area (Å²) in [6.07, 6.45) is -0.255. The molecule has 6 N–H and O–H groups in total. The number of para-hydroxylation sites is 2. The molecule has 31 heteroatoms. The number of ether oxygens (including phenoxy) is 1. The molecule has 366 valence electrons. The second-order valence-corrected chi connectivity index (χ2v) is 22.1. The average molecular weight is 1090 g/mol. The molecule has 0 bridgehead atoms. The Morgan fingerprint density at radius 3 is 2.08 bits per heavy atom. The topological polar surface area (TPSA) is 395 Å². The number of aryl methyl sites for hydroxylation is 1. The van der Waals surface area contributed by atoms with Crippen molar-refractivity contribution in [3.8, 4) is 23.4 Å². The molecule has 0 fully saturated rings. The second-order valence-electron chi connectivity index (χ2n) is 15.0. The van der Waals surface area contributed by atoms with Gasteiger partial charge < -0.3 is 14.9 Å². The van der Waals surface area contributed by atoms with Crippen LogP contribution in [0.2, 0.25) is 5.02 Å². The maximum absolute atomic E-state index is 13.1. The summed E-state index contributed by atoms with van der Waals surface area (Å²) >= 11 is 6.97. The van der Waals surface area contributed by atoms with Crippen LogP contribution in [0.3, 0.4) is 0 Å². The average Bonchev–Trinajstić information content (AvgIpc) is 3.86. The number of thiazole rings is 1. The van der Waals surface area contributed by atoms with Crippen LogP contribution < -0.4 is 4.74 Å². The number of aromatic hydroxyl groups is 2. The number of rotatable bonds is 14. The van der Waals surface area contributed by atoms with E-state index in [2.05, 4.69) is 40.7 Å². The van der Waals surface area contributed by atoms with Crippen LogP contribution in [0.5, 0.6) is 17.4 Å². The highest BCUT2D eigenvalue weighted by atomic mass is 35.5. The molecule has 0 aliphatic carbocycles. The summed E-state index contributed by atoms with van der Waals surface area (Å²) in [5, 5.41) is 55.6. The third-order valence-corrected chi connectivity index (χ3v) is 15.1. The van der Waals surface area contributed by atoms with Gasteiger partial charge in [-0.1, -0.05) is 35.1 Å². The molecular formula is C40H29ClN10O15S5. The predicted octanol–water partition coefficient (Wildman–Crippen LogP) is 9.45. The van der Waals surface area contributed by atoms with Crippen LogP contribution in [0.25, 0.3) is 37.7 Å². The quantitative estimate of drug-likeness (QED) is 0.0335. The number of pyridine rings is 1. The predicted molar refractivity (Wildman–Crippen MR) is 254 cm³/mol. The Labute approximate surface area is 408 Å². The number of nitriles is 1. The smallest absolute Gasteiger partial charge is 0.297 e. The van der Waals surface area contributed by atoms with Gasteiger partial charge in [0.2, 0.25) is 11.0 Å². The van der Waals surface area contributed by atoms with Gasteiger partial charge in [0, 0.05) is 22.4 Å². The first-order chi connectivity index (χ1) is 33.2.